The third kappa shape index (κ3) is 5.13. The van der Waals surface area contributed by atoms with Crippen LogP contribution in [0.5, 0.6) is 0 Å². The second kappa shape index (κ2) is 6.74. The molecule has 2 N–H and O–H groups in total. The SMILES string of the molecule is CC1CCC(N(C)C(=O)C(CN)CC(C)(C)C)CC1. The van der Waals surface area contributed by atoms with E-state index in [1.165, 1.54) is 12.8 Å². The highest BCUT2D eigenvalue weighted by molar-refractivity contribution is 5.79. The molecule has 0 bridgehead atoms. The largest absolute Gasteiger partial charge is 0.342 e. The van der Waals surface area contributed by atoms with Gasteiger partial charge in [0, 0.05) is 19.6 Å². The molecule has 3 nitrogen and oxygen atoms in total. The van der Waals surface area contributed by atoms with Crippen LogP contribution in [0.1, 0.15) is 59.8 Å². The van der Waals surface area contributed by atoms with Crippen molar-refractivity contribution < 1.29 is 4.79 Å². The second-order valence-corrected chi connectivity index (χ2v) is 7.56. The summed E-state index contributed by atoms with van der Waals surface area (Å²) < 4.78 is 0. The molecule has 1 aliphatic rings. The average Bonchev–Trinajstić information content (AvgIpc) is 2.34. The Labute approximate surface area is 118 Å². The molecule has 0 aromatic rings. The minimum atomic E-state index is -0.0238. The van der Waals surface area contributed by atoms with Gasteiger partial charge in [-0.25, -0.2) is 0 Å². The molecule has 1 atom stereocenters. The van der Waals surface area contributed by atoms with Crippen molar-refractivity contribution >= 4 is 5.91 Å². The van der Waals surface area contributed by atoms with Crippen molar-refractivity contribution in [3.63, 3.8) is 0 Å². The molecule has 112 valence electrons. The van der Waals surface area contributed by atoms with Gasteiger partial charge in [0.05, 0.1) is 5.92 Å². The Hall–Kier alpha value is -0.570. The number of hydrogen-bond acceptors (Lipinski definition) is 2. The molecule has 0 aromatic heterocycles. The van der Waals surface area contributed by atoms with Gasteiger partial charge in [0.15, 0.2) is 0 Å². The summed E-state index contributed by atoms with van der Waals surface area (Å²) >= 11 is 0. The van der Waals surface area contributed by atoms with E-state index in [1.54, 1.807) is 0 Å². The van der Waals surface area contributed by atoms with Crippen LogP contribution in [0.3, 0.4) is 0 Å². The Morgan fingerprint density at radius 3 is 2.21 bits per heavy atom. The van der Waals surface area contributed by atoms with Crippen molar-refractivity contribution in [3.05, 3.63) is 0 Å². The van der Waals surface area contributed by atoms with E-state index >= 15 is 0 Å². The monoisotopic (exact) mass is 268 g/mol. The van der Waals surface area contributed by atoms with E-state index in [4.69, 9.17) is 5.73 Å². The fourth-order valence-electron chi connectivity index (χ4n) is 3.11. The van der Waals surface area contributed by atoms with Crippen LogP contribution in [-0.2, 0) is 4.79 Å². The zero-order chi connectivity index (χ0) is 14.6. The summed E-state index contributed by atoms with van der Waals surface area (Å²) in [5.41, 5.74) is 5.98. The summed E-state index contributed by atoms with van der Waals surface area (Å²) in [5.74, 6) is 1.04. The molecule has 1 aliphatic carbocycles. The van der Waals surface area contributed by atoms with E-state index in [0.29, 0.717) is 12.6 Å². The van der Waals surface area contributed by atoms with Crippen LogP contribution in [0.4, 0.5) is 0 Å². The maximum absolute atomic E-state index is 12.6. The Kier molecular flexibility index (Phi) is 5.84. The third-order valence-corrected chi connectivity index (χ3v) is 4.37. The molecule has 3 heteroatoms. The van der Waals surface area contributed by atoms with Crippen molar-refractivity contribution in [1.82, 2.24) is 4.90 Å². The van der Waals surface area contributed by atoms with Gasteiger partial charge in [-0.2, -0.15) is 0 Å². The van der Waals surface area contributed by atoms with Crippen molar-refractivity contribution in [2.75, 3.05) is 13.6 Å². The van der Waals surface area contributed by atoms with Gasteiger partial charge in [-0.15, -0.1) is 0 Å². The third-order valence-electron chi connectivity index (χ3n) is 4.37. The predicted octanol–water partition coefficient (Wildman–Crippen LogP) is 3.03. The smallest absolute Gasteiger partial charge is 0.226 e. The number of amides is 1. The summed E-state index contributed by atoms with van der Waals surface area (Å²) in [6.45, 7) is 9.28. The van der Waals surface area contributed by atoms with Crippen LogP contribution in [0, 0.1) is 17.3 Å². The van der Waals surface area contributed by atoms with Crippen molar-refractivity contribution in [2.45, 2.75) is 65.8 Å². The fourth-order valence-corrected chi connectivity index (χ4v) is 3.11. The predicted molar refractivity (Wildman–Crippen MR) is 80.8 cm³/mol. The van der Waals surface area contributed by atoms with Gasteiger partial charge in [-0.05, 0) is 43.4 Å². The van der Waals surface area contributed by atoms with Crippen molar-refractivity contribution in [3.8, 4) is 0 Å². The number of carbonyl (C=O) groups excluding carboxylic acids is 1. The van der Waals surface area contributed by atoms with Crippen LogP contribution in [0.15, 0.2) is 0 Å². The minimum absolute atomic E-state index is 0.0238. The maximum Gasteiger partial charge on any atom is 0.226 e. The van der Waals surface area contributed by atoms with E-state index in [9.17, 15) is 4.79 Å². The lowest BCUT2D eigenvalue weighted by Crippen LogP contribution is -2.45. The highest BCUT2D eigenvalue weighted by Gasteiger charge is 2.30. The second-order valence-electron chi connectivity index (χ2n) is 7.56. The van der Waals surface area contributed by atoms with E-state index in [1.807, 2.05) is 11.9 Å². The zero-order valence-electron chi connectivity index (χ0n) is 13.4. The number of rotatable bonds is 4. The van der Waals surface area contributed by atoms with Gasteiger partial charge < -0.3 is 10.6 Å². The topological polar surface area (TPSA) is 46.3 Å². The normalized spacial score (nSPS) is 26.0. The number of carbonyl (C=O) groups is 1. The molecule has 0 aliphatic heterocycles. The maximum atomic E-state index is 12.6. The van der Waals surface area contributed by atoms with Crippen LogP contribution in [0.25, 0.3) is 0 Å². The molecule has 1 saturated carbocycles. The molecular formula is C16H32N2O. The van der Waals surface area contributed by atoms with E-state index in [-0.39, 0.29) is 17.2 Å². The first kappa shape index (κ1) is 16.5. The zero-order valence-corrected chi connectivity index (χ0v) is 13.4. The molecule has 1 amide bonds. The Balaban J connectivity index is 2.59. The Morgan fingerprint density at radius 2 is 1.79 bits per heavy atom. The van der Waals surface area contributed by atoms with Gasteiger partial charge in [-0.3, -0.25) is 4.79 Å². The number of nitrogens with two attached hydrogens (primary N) is 1. The Morgan fingerprint density at radius 1 is 1.26 bits per heavy atom. The summed E-state index contributed by atoms with van der Waals surface area (Å²) in [7, 11) is 1.97. The number of hydrogen-bond donors (Lipinski definition) is 1. The fraction of sp³-hybridized carbons (Fsp3) is 0.938. The van der Waals surface area contributed by atoms with Crippen molar-refractivity contribution in [2.24, 2.45) is 23.0 Å². The van der Waals surface area contributed by atoms with Crippen LogP contribution in [-0.4, -0.2) is 30.4 Å². The molecule has 0 saturated heterocycles. The van der Waals surface area contributed by atoms with Crippen LogP contribution in [0.2, 0.25) is 0 Å². The molecule has 0 spiro atoms. The standard InChI is InChI=1S/C16H32N2O/c1-12-6-8-14(9-7-12)18(5)15(19)13(11-17)10-16(2,3)4/h12-14H,6-11,17H2,1-5H3. The molecular weight excluding hydrogens is 236 g/mol. The minimum Gasteiger partial charge on any atom is -0.342 e. The number of nitrogens with zero attached hydrogens (tertiary/aromatic N) is 1. The highest BCUT2D eigenvalue weighted by atomic mass is 16.2. The molecule has 1 unspecified atom stereocenters. The average molecular weight is 268 g/mol. The summed E-state index contributed by atoms with van der Waals surface area (Å²) in [6, 6.07) is 0.428. The molecule has 0 radical (unpaired) electrons. The molecule has 19 heavy (non-hydrogen) atoms. The van der Waals surface area contributed by atoms with E-state index in [2.05, 4.69) is 27.7 Å². The highest BCUT2D eigenvalue weighted by Crippen LogP contribution is 2.29. The van der Waals surface area contributed by atoms with Gasteiger partial charge in [0.1, 0.15) is 0 Å². The molecule has 1 fully saturated rings. The van der Waals surface area contributed by atoms with Gasteiger partial charge in [0.25, 0.3) is 0 Å². The van der Waals surface area contributed by atoms with Crippen molar-refractivity contribution in [1.29, 1.82) is 0 Å². The Bertz CT molecular complexity index is 288. The van der Waals surface area contributed by atoms with E-state index in [0.717, 1.165) is 25.2 Å². The van der Waals surface area contributed by atoms with Crippen LogP contribution < -0.4 is 5.73 Å². The molecule has 0 heterocycles. The van der Waals surface area contributed by atoms with Crippen LogP contribution >= 0.6 is 0 Å². The van der Waals surface area contributed by atoms with E-state index < -0.39 is 0 Å². The lowest BCUT2D eigenvalue weighted by molar-refractivity contribution is -0.137. The lowest BCUT2D eigenvalue weighted by atomic mass is 9.83. The molecule has 0 aromatic carbocycles. The summed E-state index contributed by atoms with van der Waals surface area (Å²) in [5, 5.41) is 0. The summed E-state index contributed by atoms with van der Waals surface area (Å²) in [6.07, 6.45) is 5.66. The first-order chi connectivity index (χ1) is 8.74. The summed E-state index contributed by atoms with van der Waals surface area (Å²) in [4.78, 5) is 14.6. The molecule has 1 rings (SSSR count). The van der Waals surface area contributed by atoms with Gasteiger partial charge in [-0.1, -0.05) is 27.7 Å². The van der Waals surface area contributed by atoms with Gasteiger partial charge in [0.2, 0.25) is 5.91 Å². The first-order valence-corrected chi connectivity index (χ1v) is 7.71. The quantitative estimate of drug-likeness (QED) is 0.852. The van der Waals surface area contributed by atoms with Gasteiger partial charge >= 0.3 is 0 Å². The lowest BCUT2D eigenvalue weighted by Gasteiger charge is -2.36. The first-order valence-electron chi connectivity index (χ1n) is 7.71.